The Kier molecular flexibility index (Phi) is 3.26. The van der Waals surface area contributed by atoms with Crippen LogP contribution in [0.2, 0.25) is 0 Å². The highest BCUT2D eigenvalue weighted by Crippen LogP contribution is 2.22. The fourth-order valence-corrected chi connectivity index (χ4v) is 3.02. The number of anilines is 2. The fourth-order valence-electron chi connectivity index (χ4n) is 2.06. The van der Waals surface area contributed by atoms with Crippen molar-refractivity contribution in [1.29, 1.82) is 0 Å². The van der Waals surface area contributed by atoms with Crippen LogP contribution >= 0.6 is 0 Å². The molecule has 1 aromatic carbocycles. The van der Waals surface area contributed by atoms with Gasteiger partial charge in [-0.15, -0.1) is 0 Å². The van der Waals surface area contributed by atoms with Gasteiger partial charge in [0.1, 0.15) is 0 Å². The number of H-pyrrole nitrogens is 1. The lowest BCUT2D eigenvalue weighted by molar-refractivity contribution is 0.252. The molecule has 1 aliphatic rings. The van der Waals surface area contributed by atoms with Gasteiger partial charge in [0.2, 0.25) is 0 Å². The summed E-state index contributed by atoms with van der Waals surface area (Å²) in [5.74, 6) is 0. The number of nitrogens with zero attached hydrogens (tertiary/aromatic N) is 2. The molecular weight excluding hydrogens is 294 g/mol. The molecule has 0 unspecified atom stereocenters. The zero-order chi connectivity index (χ0) is 14.9. The Morgan fingerprint density at radius 3 is 2.81 bits per heavy atom. The molecule has 3 rings (SSSR count). The van der Waals surface area contributed by atoms with Gasteiger partial charge >= 0.3 is 6.03 Å². The van der Waals surface area contributed by atoms with E-state index in [1.807, 2.05) is 0 Å². The van der Waals surface area contributed by atoms with Gasteiger partial charge in [-0.05, 0) is 24.3 Å². The molecule has 21 heavy (non-hydrogen) atoms. The van der Waals surface area contributed by atoms with Crippen LogP contribution in [-0.4, -0.2) is 37.7 Å². The second-order valence-corrected chi connectivity index (χ2v) is 6.11. The minimum atomic E-state index is -3.71. The Hall–Kier alpha value is -2.55. The molecule has 0 radical (unpaired) electrons. The highest BCUT2D eigenvalue weighted by Gasteiger charge is 2.22. The minimum Gasteiger partial charge on any atom is -0.336 e. The maximum absolute atomic E-state index is 12.1. The molecule has 1 saturated heterocycles. The van der Waals surface area contributed by atoms with Crippen molar-refractivity contribution in [2.24, 2.45) is 0 Å². The number of aromatic nitrogens is 2. The summed E-state index contributed by atoms with van der Waals surface area (Å²) in [5, 5.41) is 8.69. The molecule has 9 heteroatoms. The quantitative estimate of drug-likeness (QED) is 0.774. The average Bonchev–Trinajstić information content (AvgIpc) is 3.09. The summed E-state index contributed by atoms with van der Waals surface area (Å²) in [6, 6.07) is 7.83. The first-order valence-electron chi connectivity index (χ1n) is 6.24. The number of carbonyl (C=O) groups excluding carboxylic acids is 1. The first kappa shape index (κ1) is 13.4. The normalized spacial score (nSPS) is 15.0. The molecule has 0 aliphatic carbocycles. The smallest absolute Gasteiger partial charge is 0.321 e. The summed E-state index contributed by atoms with van der Waals surface area (Å²) in [5.41, 5.74) is 1.01. The highest BCUT2D eigenvalue weighted by atomic mass is 32.2. The van der Waals surface area contributed by atoms with Crippen LogP contribution in [-0.2, 0) is 10.0 Å². The Morgan fingerprint density at radius 2 is 2.14 bits per heavy atom. The van der Waals surface area contributed by atoms with Crippen molar-refractivity contribution in [2.75, 3.05) is 22.7 Å². The van der Waals surface area contributed by atoms with Gasteiger partial charge in [-0.3, -0.25) is 14.7 Å². The molecule has 2 amide bonds. The number of nitrogens with one attached hydrogen (secondary N) is 3. The van der Waals surface area contributed by atoms with E-state index in [0.717, 1.165) is 0 Å². The molecule has 3 N–H and O–H groups in total. The first-order chi connectivity index (χ1) is 10.1. The van der Waals surface area contributed by atoms with Crippen LogP contribution in [0.15, 0.2) is 41.6 Å². The van der Waals surface area contributed by atoms with E-state index >= 15 is 0 Å². The third kappa shape index (κ3) is 2.68. The van der Waals surface area contributed by atoms with Crippen LogP contribution in [0, 0.1) is 0 Å². The van der Waals surface area contributed by atoms with Gasteiger partial charge in [-0.1, -0.05) is 6.07 Å². The first-order valence-corrected chi connectivity index (χ1v) is 7.72. The molecule has 2 heterocycles. The van der Waals surface area contributed by atoms with E-state index in [0.29, 0.717) is 24.5 Å². The predicted octanol–water partition coefficient (Wildman–Crippen LogP) is 0.740. The van der Waals surface area contributed by atoms with E-state index in [4.69, 9.17) is 0 Å². The van der Waals surface area contributed by atoms with Crippen molar-refractivity contribution < 1.29 is 13.2 Å². The zero-order valence-corrected chi connectivity index (χ0v) is 11.7. The molecule has 110 valence electrons. The summed E-state index contributed by atoms with van der Waals surface area (Å²) in [4.78, 5) is 13.2. The fraction of sp³-hybridized carbons (Fsp3) is 0.167. The predicted molar refractivity (Wildman–Crippen MR) is 76.6 cm³/mol. The van der Waals surface area contributed by atoms with Crippen LogP contribution in [0.4, 0.5) is 16.2 Å². The summed E-state index contributed by atoms with van der Waals surface area (Å²) >= 11 is 0. The van der Waals surface area contributed by atoms with Gasteiger partial charge in [0, 0.05) is 18.8 Å². The molecule has 2 aromatic rings. The molecule has 1 aromatic heterocycles. The summed E-state index contributed by atoms with van der Waals surface area (Å²) in [6.07, 6.45) is 1.36. The van der Waals surface area contributed by atoms with Crippen LogP contribution in [0.3, 0.4) is 0 Å². The molecule has 0 spiro atoms. The number of carbonyl (C=O) groups is 1. The van der Waals surface area contributed by atoms with Crippen LogP contribution in [0.25, 0.3) is 0 Å². The molecular formula is C12H13N5O3S. The highest BCUT2D eigenvalue weighted by molar-refractivity contribution is 7.92. The van der Waals surface area contributed by atoms with Crippen molar-refractivity contribution in [3.63, 3.8) is 0 Å². The molecule has 8 nitrogen and oxygen atoms in total. The van der Waals surface area contributed by atoms with Crippen molar-refractivity contribution in [2.45, 2.75) is 5.03 Å². The number of sulfonamides is 1. The summed E-state index contributed by atoms with van der Waals surface area (Å²) < 4.78 is 26.6. The van der Waals surface area contributed by atoms with Crippen molar-refractivity contribution in [3.05, 3.63) is 36.5 Å². The van der Waals surface area contributed by atoms with Crippen molar-refractivity contribution in [1.82, 2.24) is 15.5 Å². The zero-order valence-electron chi connectivity index (χ0n) is 10.9. The van der Waals surface area contributed by atoms with Gasteiger partial charge in [0.05, 0.1) is 11.9 Å². The SMILES string of the molecule is O=C1NCCN1c1cccc(NS(=O)(=O)c2ccn[nH]2)c1. The maximum atomic E-state index is 12.1. The third-order valence-corrected chi connectivity index (χ3v) is 4.34. The largest absolute Gasteiger partial charge is 0.336 e. The number of benzene rings is 1. The topological polar surface area (TPSA) is 107 Å². The molecule has 0 atom stereocenters. The van der Waals surface area contributed by atoms with Gasteiger partial charge in [-0.2, -0.15) is 13.5 Å². The van der Waals surface area contributed by atoms with E-state index < -0.39 is 10.0 Å². The van der Waals surface area contributed by atoms with Gasteiger partial charge in [0.15, 0.2) is 5.03 Å². The standard InChI is InChI=1S/C12H13N5O3S/c18-12-13-6-7-17(12)10-3-1-2-9(8-10)16-21(19,20)11-4-5-14-15-11/h1-5,8,16H,6-7H2,(H,13,18)(H,14,15). The van der Waals surface area contributed by atoms with Gasteiger partial charge in [-0.25, -0.2) is 4.79 Å². The third-order valence-electron chi connectivity index (χ3n) is 3.03. The number of rotatable bonds is 4. The Bertz CT molecular complexity index is 757. The Balaban J connectivity index is 1.85. The number of amides is 2. The lowest BCUT2D eigenvalue weighted by Gasteiger charge is -2.15. The number of hydrogen-bond acceptors (Lipinski definition) is 4. The number of aromatic amines is 1. The average molecular weight is 307 g/mol. The Labute approximate surface area is 121 Å². The molecule has 1 aliphatic heterocycles. The number of urea groups is 1. The van der Waals surface area contributed by atoms with Gasteiger partial charge in [0.25, 0.3) is 10.0 Å². The van der Waals surface area contributed by atoms with Crippen molar-refractivity contribution in [3.8, 4) is 0 Å². The van der Waals surface area contributed by atoms with Gasteiger partial charge < -0.3 is 5.32 Å². The van der Waals surface area contributed by atoms with E-state index in [2.05, 4.69) is 20.2 Å². The summed E-state index contributed by atoms with van der Waals surface area (Å²) in [6.45, 7) is 1.12. The Morgan fingerprint density at radius 1 is 1.29 bits per heavy atom. The van der Waals surface area contributed by atoms with E-state index in [9.17, 15) is 13.2 Å². The van der Waals surface area contributed by atoms with Crippen LogP contribution in [0.5, 0.6) is 0 Å². The monoisotopic (exact) mass is 307 g/mol. The number of hydrogen-bond donors (Lipinski definition) is 3. The van der Waals surface area contributed by atoms with Crippen LogP contribution < -0.4 is 14.9 Å². The second-order valence-electron chi connectivity index (χ2n) is 4.46. The van der Waals surface area contributed by atoms with E-state index in [1.54, 1.807) is 29.2 Å². The van der Waals surface area contributed by atoms with E-state index in [1.165, 1.54) is 12.3 Å². The summed E-state index contributed by atoms with van der Waals surface area (Å²) in [7, 11) is -3.71. The lowest BCUT2D eigenvalue weighted by Crippen LogP contribution is -2.27. The lowest BCUT2D eigenvalue weighted by atomic mass is 10.2. The minimum absolute atomic E-state index is 0.0215. The molecule has 0 bridgehead atoms. The second kappa shape index (κ2) is 5.09. The van der Waals surface area contributed by atoms with E-state index in [-0.39, 0.29) is 11.1 Å². The maximum Gasteiger partial charge on any atom is 0.321 e. The molecule has 0 saturated carbocycles. The van der Waals surface area contributed by atoms with Crippen molar-refractivity contribution >= 4 is 27.4 Å². The van der Waals surface area contributed by atoms with Crippen LogP contribution in [0.1, 0.15) is 0 Å². The molecule has 1 fully saturated rings.